The van der Waals surface area contributed by atoms with Crippen molar-refractivity contribution in [3.05, 3.63) is 29.8 Å². The van der Waals surface area contributed by atoms with Crippen LogP contribution in [0.3, 0.4) is 0 Å². The molecule has 1 heterocycles. The molecule has 1 aromatic rings. The highest BCUT2D eigenvalue weighted by Gasteiger charge is 2.33. The smallest absolute Gasteiger partial charge is 0.0983 e. The molecular formula is C11H16N2O. The maximum absolute atomic E-state index is 10.1. The van der Waals surface area contributed by atoms with Gasteiger partial charge < -0.3 is 15.7 Å². The summed E-state index contributed by atoms with van der Waals surface area (Å²) in [6.07, 6.45) is 0.657. The van der Waals surface area contributed by atoms with Crippen molar-refractivity contribution >= 4 is 5.69 Å². The first-order valence-electron chi connectivity index (χ1n) is 4.86. The van der Waals surface area contributed by atoms with E-state index < -0.39 is 5.60 Å². The highest BCUT2D eigenvalue weighted by atomic mass is 16.3. The fourth-order valence-corrected chi connectivity index (χ4v) is 2.11. The number of hydrogen-bond acceptors (Lipinski definition) is 3. The molecule has 76 valence electrons. The van der Waals surface area contributed by atoms with Gasteiger partial charge in [0.05, 0.1) is 5.60 Å². The Morgan fingerprint density at radius 2 is 2.21 bits per heavy atom. The number of fused-ring (bicyclic) bond motifs is 1. The minimum Gasteiger partial charge on any atom is -0.386 e. The van der Waals surface area contributed by atoms with Crippen LogP contribution < -0.4 is 10.6 Å². The van der Waals surface area contributed by atoms with Crippen molar-refractivity contribution in [1.82, 2.24) is 0 Å². The first kappa shape index (κ1) is 9.49. The Hall–Kier alpha value is -1.06. The Morgan fingerprint density at radius 1 is 1.50 bits per heavy atom. The normalized spacial score (nSPS) is 26.1. The molecule has 0 radical (unpaired) electrons. The average Bonchev–Trinajstić information content (AvgIpc) is 2.18. The van der Waals surface area contributed by atoms with E-state index in [2.05, 4.69) is 11.0 Å². The van der Waals surface area contributed by atoms with Crippen LogP contribution in [-0.2, 0) is 6.42 Å². The van der Waals surface area contributed by atoms with Gasteiger partial charge in [-0.1, -0.05) is 18.2 Å². The SMILES string of the molecule is CN1CC(O)(CN)Cc2ccccc21. The van der Waals surface area contributed by atoms with E-state index in [1.165, 1.54) is 11.3 Å². The maximum Gasteiger partial charge on any atom is 0.0983 e. The summed E-state index contributed by atoms with van der Waals surface area (Å²) >= 11 is 0. The minimum absolute atomic E-state index is 0.311. The number of nitrogens with two attached hydrogens (primary N) is 1. The van der Waals surface area contributed by atoms with Crippen LogP contribution in [0.5, 0.6) is 0 Å². The quantitative estimate of drug-likeness (QED) is 0.676. The topological polar surface area (TPSA) is 49.5 Å². The zero-order valence-electron chi connectivity index (χ0n) is 8.40. The molecule has 1 unspecified atom stereocenters. The molecule has 0 aliphatic carbocycles. The number of hydrogen-bond donors (Lipinski definition) is 2. The number of anilines is 1. The number of β-amino-alcohol motifs (C(OH)–C–C–N with tert-alkyl or cyclic N) is 1. The number of benzene rings is 1. The number of rotatable bonds is 1. The maximum atomic E-state index is 10.1. The van der Waals surface area contributed by atoms with Gasteiger partial charge >= 0.3 is 0 Å². The standard InChI is InChI=1S/C11H16N2O/c1-13-8-11(14,7-12)6-9-4-2-3-5-10(9)13/h2-5,14H,6-8,12H2,1H3. The summed E-state index contributed by atoms with van der Waals surface area (Å²) < 4.78 is 0. The fourth-order valence-electron chi connectivity index (χ4n) is 2.11. The first-order chi connectivity index (χ1) is 6.64. The zero-order valence-corrected chi connectivity index (χ0v) is 8.40. The Labute approximate surface area is 84.1 Å². The van der Waals surface area contributed by atoms with Crippen LogP contribution in [-0.4, -0.2) is 30.8 Å². The van der Waals surface area contributed by atoms with Gasteiger partial charge in [-0.25, -0.2) is 0 Å². The Kier molecular flexibility index (Phi) is 2.21. The van der Waals surface area contributed by atoms with Crippen LogP contribution in [0.4, 0.5) is 5.69 Å². The predicted octanol–water partition coefficient (Wildman–Crippen LogP) is 0.369. The summed E-state index contributed by atoms with van der Waals surface area (Å²) in [7, 11) is 1.98. The van der Waals surface area contributed by atoms with E-state index in [1.54, 1.807) is 0 Å². The molecule has 1 aromatic carbocycles. The zero-order chi connectivity index (χ0) is 10.2. The molecule has 1 aliphatic rings. The van der Waals surface area contributed by atoms with Crippen LogP contribution >= 0.6 is 0 Å². The van der Waals surface area contributed by atoms with Gasteiger partial charge in [-0.2, -0.15) is 0 Å². The van der Waals surface area contributed by atoms with Gasteiger partial charge in [0.25, 0.3) is 0 Å². The van der Waals surface area contributed by atoms with Crippen LogP contribution in [0.2, 0.25) is 0 Å². The lowest BCUT2D eigenvalue weighted by molar-refractivity contribution is 0.0535. The summed E-state index contributed by atoms with van der Waals surface area (Å²) in [5.41, 5.74) is 7.19. The van der Waals surface area contributed by atoms with Gasteiger partial charge in [-0.05, 0) is 11.6 Å². The summed E-state index contributed by atoms with van der Waals surface area (Å²) in [5, 5.41) is 10.1. The molecule has 14 heavy (non-hydrogen) atoms. The summed E-state index contributed by atoms with van der Waals surface area (Å²) in [6.45, 7) is 0.923. The molecule has 0 spiro atoms. The van der Waals surface area contributed by atoms with Crippen molar-refractivity contribution < 1.29 is 5.11 Å². The Bertz CT molecular complexity index is 340. The highest BCUT2D eigenvalue weighted by molar-refractivity contribution is 5.56. The van der Waals surface area contributed by atoms with Crippen molar-refractivity contribution in [2.24, 2.45) is 5.73 Å². The van der Waals surface area contributed by atoms with E-state index in [9.17, 15) is 5.11 Å². The van der Waals surface area contributed by atoms with E-state index in [4.69, 9.17) is 5.73 Å². The van der Waals surface area contributed by atoms with Gasteiger partial charge in [-0.3, -0.25) is 0 Å². The molecule has 3 nitrogen and oxygen atoms in total. The third-order valence-electron chi connectivity index (χ3n) is 2.83. The molecule has 3 N–H and O–H groups in total. The first-order valence-corrected chi connectivity index (χ1v) is 4.86. The molecular weight excluding hydrogens is 176 g/mol. The molecule has 0 fully saturated rings. The third-order valence-corrected chi connectivity index (χ3v) is 2.83. The summed E-state index contributed by atoms with van der Waals surface area (Å²) in [6, 6.07) is 8.13. The van der Waals surface area contributed by atoms with Crippen molar-refractivity contribution in [3.8, 4) is 0 Å². The van der Waals surface area contributed by atoms with Crippen LogP contribution in [0.1, 0.15) is 5.56 Å². The molecule has 2 rings (SSSR count). The molecule has 0 aromatic heterocycles. The molecule has 1 atom stereocenters. The third kappa shape index (κ3) is 1.49. The van der Waals surface area contributed by atoms with Gasteiger partial charge in [0.1, 0.15) is 0 Å². The fraction of sp³-hybridized carbons (Fsp3) is 0.455. The van der Waals surface area contributed by atoms with Crippen LogP contribution in [0.25, 0.3) is 0 Å². The van der Waals surface area contributed by atoms with E-state index in [-0.39, 0.29) is 0 Å². The van der Waals surface area contributed by atoms with Crippen molar-refractivity contribution in [2.45, 2.75) is 12.0 Å². The largest absolute Gasteiger partial charge is 0.386 e. The molecule has 0 saturated heterocycles. The monoisotopic (exact) mass is 192 g/mol. The van der Waals surface area contributed by atoms with Gasteiger partial charge in [0, 0.05) is 32.2 Å². The van der Waals surface area contributed by atoms with Gasteiger partial charge in [0.15, 0.2) is 0 Å². The molecule has 0 bridgehead atoms. The predicted molar refractivity (Wildman–Crippen MR) is 57.4 cm³/mol. The van der Waals surface area contributed by atoms with Gasteiger partial charge in [-0.15, -0.1) is 0 Å². The molecule has 1 aliphatic heterocycles. The minimum atomic E-state index is -0.761. The lowest BCUT2D eigenvalue weighted by Crippen LogP contribution is -2.52. The van der Waals surface area contributed by atoms with Crippen molar-refractivity contribution in [1.29, 1.82) is 0 Å². The van der Waals surface area contributed by atoms with Crippen LogP contribution in [0.15, 0.2) is 24.3 Å². The lowest BCUT2D eigenvalue weighted by Gasteiger charge is -2.39. The average molecular weight is 192 g/mol. The lowest BCUT2D eigenvalue weighted by atomic mass is 9.89. The van der Waals surface area contributed by atoms with E-state index in [0.29, 0.717) is 19.5 Å². The van der Waals surface area contributed by atoms with Crippen molar-refractivity contribution in [3.63, 3.8) is 0 Å². The number of para-hydroxylation sites is 1. The molecule has 0 saturated carbocycles. The Morgan fingerprint density at radius 3 is 2.93 bits per heavy atom. The highest BCUT2D eigenvalue weighted by Crippen LogP contribution is 2.29. The van der Waals surface area contributed by atoms with Crippen molar-refractivity contribution in [2.75, 3.05) is 25.0 Å². The van der Waals surface area contributed by atoms with Crippen LogP contribution in [0, 0.1) is 0 Å². The number of nitrogens with zero attached hydrogens (tertiary/aromatic N) is 1. The second-order valence-corrected chi connectivity index (χ2v) is 4.09. The molecule has 3 heteroatoms. The van der Waals surface area contributed by atoms with E-state index in [0.717, 1.165) is 0 Å². The van der Waals surface area contributed by atoms with E-state index >= 15 is 0 Å². The number of aliphatic hydroxyl groups is 1. The number of likely N-dealkylation sites (N-methyl/N-ethyl adjacent to an activating group) is 1. The summed E-state index contributed by atoms with van der Waals surface area (Å²) in [4.78, 5) is 2.06. The summed E-state index contributed by atoms with van der Waals surface area (Å²) in [5.74, 6) is 0. The second-order valence-electron chi connectivity index (χ2n) is 4.09. The Balaban J connectivity index is 2.38. The molecule has 0 amide bonds. The van der Waals surface area contributed by atoms with E-state index in [1.807, 2.05) is 25.2 Å². The van der Waals surface area contributed by atoms with Gasteiger partial charge in [0.2, 0.25) is 0 Å². The second kappa shape index (κ2) is 3.26.